The molecule has 3 atom stereocenters. The van der Waals surface area contributed by atoms with Gasteiger partial charge in [-0.05, 0) is 44.9 Å². The molecule has 2 heterocycles. The zero-order chi connectivity index (χ0) is 12.9. The van der Waals surface area contributed by atoms with Crippen LogP contribution in [0.25, 0.3) is 0 Å². The van der Waals surface area contributed by atoms with Gasteiger partial charge in [0.25, 0.3) is 0 Å². The second-order valence-corrected chi connectivity index (χ2v) is 7.01. The predicted molar refractivity (Wildman–Crippen MR) is 68.6 cm³/mol. The molecule has 2 aliphatic carbocycles. The monoisotopic (exact) mass is 268 g/mol. The van der Waals surface area contributed by atoms with E-state index in [0.29, 0.717) is 18.1 Å². The lowest BCUT2D eigenvalue weighted by Crippen LogP contribution is -2.47. The molecule has 1 N–H and O–H groups in total. The molecule has 4 nitrogen and oxygen atoms in total. The summed E-state index contributed by atoms with van der Waals surface area (Å²) in [6.45, 7) is 1.63. The van der Waals surface area contributed by atoms with Crippen LogP contribution in [0.2, 0.25) is 0 Å². The third-order valence-electron chi connectivity index (χ3n) is 5.55. The maximum Gasteiger partial charge on any atom is 0.160 e. The maximum absolute atomic E-state index is 9.62. The summed E-state index contributed by atoms with van der Waals surface area (Å²) in [5.74, 6) is 0.523. The largest absolute Gasteiger partial charge is 0.393 e. The van der Waals surface area contributed by atoms with Gasteiger partial charge in [-0.25, -0.2) is 0 Å². The van der Waals surface area contributed by atoms with E-state index in [9.17, 15) is 5.11 Å². The lowest BCUT2D eigenvalue weighted by atomic mass is 9.73. The molecule has 0 aromatic rings. The van der Waals surface area contributed by atoms with Crippen molar-refractivity contribution in [2.75, 3.05) is 13.2 Å². The molecule has 2 aliphatic heterocycles. The quantitative estimate of drug-likeness (QED) is 0.737. The lowest BCUT2D eigenvalue weighted by Gasteiger charge is -2.45. The van der Waals surface area contributed by atoms with Crippen molar-refractivity contribution in [3.63, 3.8) is 0 Å². The number of aliphatic hydroxyl groups is 1. The van der Waals surface area contributed by atoms with Crippen molar-refractivity contribution in [2.45, 2.75) is 69.5 Å². The molecule has 2 saturated heterocycles. The normalized spacial score (nSPS) is 53.8. The molecular formula is C15H24O4. The molecule has 1 spiro atoms. The maximum atomic E-state index is 9.62. The first-order chi connectivity index (χ1) is 9.24. The Morgan fingerprint density at radius 2 is 1.63 bits per heavy atom. The van der Waals surface area contributed by atoms with Gasteiger partial charge in [0, 0.05) is 11.3 Å². The Morgan fingerprint density at radius 3 is 2.32 bits per heavy atom. The number of fused-ring (bicyclic) bond motifs is 1. The van der Waals surface area contributed by atoms with Crippen LogP contribution in [-0.2, 0) is 14.2 Å². The van der Waals surface area contributed by atoms with E-state index in [2.05, 4.69) is 0 Å². The molecule has 0 amide bonds. The Kier molecular flexibility index (Phi) is 3.10. The molecule has 4 rings (SSSR count). The highest BCUT2D eigenvalue weighted by molar-refractivity contribution is 4.94. The standard InChI is InChI=1S/C15H24O4/c16-11-3-5-15(6-4-11)8-17-14(18-9-15)10-1-2-12-13(7-10)19-12/h10-14,16H,1-9H2. The predicted octanol–water partition coefficient (Wildman–Crippen LogP) is 1.85. The van der Waals surface area contributed by atoms with Gasteiger partial charge in [0.15, 0.2) is 6.29 Å². The fourth-order valence-electron chi connectivity index (χ4n) is 4.07. The summed E-state index contributed by atoms with van der Waals surface area (Å²) in [6, 6.07) is 0. The molecule has 0 radical (unpaired) electrons. The Labute approximate surface area is 114 Å². The first-order valence-corrected chi connectivity index (χ1v) is 7.81. The second kappa shape index (κ2) is 4.69. The lowest BCUT2D eigenvalue weighted by molar-refractivity contribution is -0.260. The highest BCUT2D eigenvalue weighted by atomic mass is 16.7. The molecule has 108 valence electrons. The minimum absolute atomic E-state index is 0.0115. The second-order valence-electron chi connectivity index (χ2n) is 7.01. The molecule has 4 aliphatic rings. The van der Waals surface area contributed by atoms with Crippen LogP contribution in [0, 0.1) is 11.3 Å². The summed E-state index contributed by atoms with van der Waals surface area (Å²) < 4.78 is 17.7. The van der Waals surface area contributed by atoms with Crippen LogP contribution in [0.3, 0.4) is 0 Å². The summed E-state index contributed by atoms with van der Waals surface area (Å²) in [5, 5.41) is 9.62. The van der Waals surface area contributed by atoms with Crippen LogP contribution < -0.4 is 0 Å². The first-order valence-electron chi connectivity index (χ1n) is 7.81. The van der Waals surface area contributed by atoms with E-state index >= 15 is 0 Å². The van der Waals surface area contributed by atoms with Crippen LogP contribution in [0.5, 0.6) is 0 Å². The Balaban J connectivity index is 1.32. The van der Waals surface area contributed by atoms with E-state index in [-0.39, 0.29) is 17.8 Å². The van der Waals surface area contributed by atoms with E-state index in [4.69, 9.17) is 14.2 Å². The molecule has 0 aromatic heterocycles. The zero-order valence-electron chi connectivity index (χ0n) is 11.4. The topological polar surface area (TPSA) is 51.2 Å². The van der Waals surface area contributed by atoms with Crippen molar-refractivity contribution in [1.82, 2.24) is 0 Å². The van der Waals surface area contributed by atoms with Gasteiger partial charge < -0.3 is 19.3 Å². The van der Waals surface area contributed by atoms with Gasteiger partial charge in [-0.3, -0.25) is 0 Å². The molecule has 0 bridgehead atoms. The highest BCUT2D eigenvalue weighted by Crippen LogP contribution is 2.45. The average molecular weight is 268 g/mol. The molecular weight excluding hydrogens is 244 g/mol. The summed E-state index contributed by atoms with van der Waals surface area (Å²) in [6.07, 6.45) is 8.27. The number of epoxide rings is 1. The zero-order valence-corrected chi connectivity index (χ0v) is 11.4. The molecule has 4 fully saturated rings. The SMILES string of the molecule is OC1CCC2(CC1)COC(C1CCC3OC3C1)OC2. The summed E-state index contributed by atoms with van der Waals surface area (Å²) in [4.78, 5) is 0. The van der Waals surface area contributed by atoms with Crippen LogP contribution in [-0.4, -0.2) is 42.9 Å². The Hall–Kier alpha value is -0.160. The van der Waals surface area contributed by atoms with Gasteiger partial charge >= 0.3 is 0 Å². The Bertz CT molecular complexity index is 327. The highest BCUT2D eigenvalue weighted by Gasteiger charge is 2.48. The minimum Gasteiger partial charge on any atom is -0.393 e. The van der Waals surface area contributed by atoms with Crippen molar-refractivity contribution in [3.05, 3.63) is 0 Å². The van der Waals surface area contributed by atoms with Crippen molar-refractivity contribution >= 4 is 0 Å². The van der Waals surface area contributed by atoms with Crippen LogP contribution in [0.4, 0.5) is 0 Å². The first kappa shape index (κ1) is 12.6. The van der Waals surface area contributed by atoms with Gasteiger partial charge in [-0.15, -0.1) is 0 Å². The van der Waals surface area contributed by atoms with Gasteiger partial charge in [-0.2, -0.15) is 0 Å². The molecule has 19 heavy (non-hydrogen) atoms. The molecule has 2 saturated carbocycles. The van der Waals surface area contributed by atoms with Crippen LogP contribution in [0.15, 0.2) is 0 Å². The van der Waals surface area contributed by atoms with Gasteiger partial charge in [0.1, 0.15) is 0 Å². The Morgan fingerprint density at radius 1 is 0.895 bits per heavy atom. The van der Waals surface area contributed by atoms with Crippen molar-refractivity contribution in [2.24, 2.45) is 11.3 Å². The molecule has 3 unspecified atom stereocenters. The molecule has 4 heteroatoms. The number of rotatable bonds is 1. The number of aliphatic hydroxyl groups excluding tert-OH is 1. The summed E-state index contributed by atoms with van der Waals surface area (Å²) in [7, 11) is 0. The molecule has 0 aromatic carbocycles. The fourth-order valence-corrected chi connectivity index (χ4v) is 4.07. The summed E-state index contributed by atoms with van der Waals surface area (Å²) >= 11 is 0. The number of ether oxygens (including phenoxy) is 3. The van der Waals surface area contributed by atoms with E-state index < -0.39 is 0 Å². The van der Waals surface area contributed by atoms with E-state index in [0.717, 1.165) is 45.3 Å². The van der Waals surface area contributed by atoms with Crippen LogP contribution >= 0.6 is 0 Å². The number of hydrogen-bond acceptors (Lipinski definition) is 4. The van der Waals surface area contributed by atoms with Crippen LogP contribution in [0.1, 0.15) is 44.9 Å². The van der Waals surface area contributed by atoms with Crippen molar-refractivity contribution in [1.29, 1.82) is 0 Å². The van der Waals surface area contributed by atoms with Crippen molar-refractivity contribution in [3.8, 4) is 0 Å². The van der Waals surface area contributed by atoms with E-state index in [1.54, 1.807) is 0 Å². The smallest absolute Gasteiger partial charge is 0.160 e. The van der Waals surface area contributed by atoms with Gasteiger partial charge in [0.05, 0.1) is 31.5 Å². The van der Waals surface area contributed by atoms with Crippen molar-refractivity contribution < 1.29 is 19.3 Å². The fraction of sp³-hybridized carbons (Fsp3) is 1.00. The van der Waals surface area contributed by atoms with Gasteiger partial charge in [-0.1, -0.05) is 0 Å². The average Bonchev–Trinajstić information content (AvgIpc) is 3.22. The third kappa shape index (κ3) is 2.44. The number of hydrogen-bond donors (Lipinski definition) is 1. The minimum atomic E-state index is -0.106. The third-order valence-corrected chi connectivity index (χ3v) is 5.55. The van der Waals surface area contributed by atoms with Gasteiger partial charge in [0.2, 0.25) is 0 Å². The summed E-state index contributed by atoms with van der Waals surface area (Å²) in [5.41, 5.74) is 0.184. The van der Waals surface area contributed by atoms with E-state index in [1.807, 2.05) is 0 Å². The van der Waals surface area contributed by atoms with E-state index in [1.165, 1.54) is 12.8 Å².